The van der Waals surface area contributed by atoms with Gasteiger partial charge in [-0.2, -0.15) is 0 Å². The minimum Gasteiger partial charge on any atom is -0.488 e. The molecule has 1 saturated heterocycles. The molecule has 0 unspecified atom stereocenters. The molecule has 3 aromatic carbocycles. The molecule has 4 rings (SSSR count). The summed E-state index contributed by atoms with van der Waals surface area (Å²) in [7, 11) is 0. The molecule has 31 heavy (non-hydrogen) atoms. The van der Waals surface area contributed by atoms with Gasteiger partial charge < -0.3 is 10.1 Å². The molecule has 1 fully saturated rings. The zero-order chi connectivity index (χ0) is 21.8. The minimum atomic E-state index is -0.317. The molecule has 156 valence electrons. The standard InChI is InChI=1S/C23H15Cl2FN2O2S/c24-17-8-4-9-18(21(17)25)27-23-28-22(29)20(31-23)12-15-6-1-2-10-19(15)30-13-14-5-3-7-16(26)11-14/h1-12H,13H2,(H,27,28,29)/b20-12+. The van der Waals surface area contributed by atoms with Crippen molar-refractivity contribution in [3.63, 3.8) is 0 Å². The highest BCUT2D eigenvalue weighted by Crippen LogP contribution is 2.35. The summed E-state index contributed by atoms with van der Waals surface area (Å²) in [5, 5.41) is 3.83. The van der Waals surface area contributed by atoms with Gasteiger partial charge in [0.15, 0.2) is 5.17 Å². The molecule has 0 aliphatic carbocycles. The van der Waals surface area contributed by atoms with E-state index in [2.05, 4.69) is 10.3 Å². The van der Waals surface area contributed by atoms with Crippen LogP contribution in [0.25, 0.3) is 6.08 Å². The molecule has 0 spiro atoms. The molecular weight excluding hydrogens is 458 g/mol. The van der Waals surface area contributed by atoms with Crippen LogP contribution in [0.15, 0.2) is 76.6 Å². The van der Waals surface area contributed by atoms with Crippen molar-refractivity contribution < 1.29 is 13.9 Å². The summed E-state index contributed by atoms with van der Waals surface area (Å²) in [4.78, 5) is 17.3. The molecule has 1 aliphatic rings. The molecule has 8 heteroatoms. The lowest BCUT2D eigenvalue weighted by molar-refractivity contribution is -0.115. The Bertz CT molecular complexity index is 1210. The lowest BCUT2D eigenvalue weighted by Gasteiger charge is -2.09. The molecule has 0 atom stereocenters. The number of rotatable bonds is 5. The number of hydrogen-bond acceptors (Lipinski definition) is 4. The van der Waals surface area contributed by atoms with Gasteiger partial charge in [0.25, 0.3) is 5.91 Å². The van der Waals surface area contributed by atoms with Crippen molar-refractivity contribution >= 4 is 57.8 Å². The average Bonchev–Trinajstić information content (AvgIpc) is 3.09. The highest BCUT2D eigenvalue weighted by atomic mass is 35.5. The maximum absolute atomic E-state index is 13.4. The molecule has 1 heterocycles. The molecule has 0 bridgehead atoms. The maximum atomic E-state index is 13.4. The van der Waals surface area contributed by atoms with Gasteiger partial charge in [0.1, 0.15) is 18.2 Å². The first kappa shape index (κ1) is 21.4. The average molecular weight is 473 g/mol. The van der Waals surface area contributed by atoms with Crippen molar-refractivity contribution in [3.8, 4) is 5.75 Å². The lowest BCUT2D eigenvalue weighted by Crippen LogP contribution is -2.19. The summed E-state index contributed by atoms with van der Waals surface area (Å²) in [6.45, 7) is 0.206. The Balaban J connectivity index is 1.54. The second-order valence-corrected chi connectivity index (χ2v) is 8.33. The van der Waals surface area contributed by atoms with Crippen molar-refractivity contribution in [2.75, 3.05) is 0 Å². The van der Waals surface area contributed by atoms with E-state index in [0.717, 1.165) is 5.56 Å². The number of carbonyl (C=O) groups is 1. The first-order valence-corrected chi connectivity index (χ1v) is 10.8. The van der Waals surface area contributed by atoms with Crippen LogP contribution in [-0.2, 0) is 11.4 Å². The van der Waals surface area contributed by atoms with Crippen molar-refractivity contribution in [2.24, 2.45) is 4.99 Å². The monoisotopic (exact) mass is 472 g/mol. The molecule has 4 nitrogen and oxygen atoms in total. The Morgan fingerprint density at radius 1 is 1.06 bits per heavy atom. The van der Waals surface area contributed by atoms with Crippen LogP contribution in [0.3, 0.4) is 0 Å². The van der Waals surface area contributed by atoms with E-state index in [4.69, 9.17) is 27.9 Å². The lowest BCUT2D eigenvalue weighted by atomic mass is 10.2. The van der Waals surface area contributed by atoms with E-state index < -0.39 is 0 Å². The number of halogens is 3. The fraction of sp³-hybridized carbons (Fsp3) is 0.0435. The summed E-state index contributed by atoms with van der Waals surface area (Å²) >= 11 is 13.4. The number of amides is 1. The summed E-state index contributed by atoms with van der Waals surface area (Å²) in [6, 6.07) is 18.7. The molecular formula is C23H15Cl2FN2O2S. The number of nitrogens with zero attached hydrogens (tertiary/aromatic N) is 1. The van der Waals surface area contributed by atoms with Crippen LogP contribution in [0.5, 0.6) is 5.75 Å². The Labute approximate surface area is 192 Å². The third kappa shape index (κ3) is 5.28. The van der Waals surface area contributed by atoms with Gasteiger partial charge in [-0.05, 0) is 53.7 Å². The van der Waals surface area contributed by atoms with Crippen LogP contribution in [-0.4, -0.2) is 11.1 Å². The van der Waals surface area contributed by atoms with Gasteiger partial charge in [-0.25, -0.2) is 9.38 Å². The Morgan fingerprint density at radius 3 is 2.71 bits per heavy atom. The summed E-state index contributed by atoms with van der Waals surface area (Å²) in [6.07, 6.45) is 1.73. The van der Waals surface area contributed by atoms with Crippen LogP contribution in [0, 0.1) is 5.82 Å². The van der Waals surface area contributed by atoms with Crippen molar-refractivity contribution in [1.29, 1.82) is 0 Å². The number of para-hydroxylation sites is 1. The molecule has 0 aromatic heterocycles. The first-order chi connectivity index (χ1) is 15.0. The van der Waals surface area contributed by atoms with Gasteiger partial charge in [-0.3, -0.25) is 4.79 Å². The number of amidine groups is 1. The first-order valence-electron chi connectivity index (χ1n) is 9.19. The number of carbonyl (C=O) groups excluding carboxylic acids is 1. The number of nitrogens with one attached hydrogen (secondary N) is 1. The highest BCUT2D eigenvalue weighted by Gasteiger charge is 2.24. The molecule has 1 amide bonds. The number of benzene rings is 3. The third-order valence-electron chi connectivity index (χ3n) is 4.29. The Hall–Kier alpha value is -2.80. The number of thioether (sulfide) groups is 1. The second kappa shape index (κ2) is 9.56. The van der Waals surface area contributed by atoms with E-state index in [1.165, 1.54) is 23.9 Å². The zero-order valence-electron chi connectivity index (χ0n) is 15.9. The predicted molar refractivity (Wildman–Crippen MR) is 124 cm³/mol. The maximum Gasteiger partial charge on any atom is 0.264 e. The van der Waals surface area contributed by atoms with Gasteiger partial charge in [-0.15, -0.1) is 0 Å². The number of hydrogen-bond donors (Lipinski definition) is 1. The van der Waals surface area contributed by atoms with E-state index in [9.17, 15) is 9.18 Å². The van der Waals surface area contributed by atoms with Gasteiger partial charge in [-0.1, -0.05) is 59.6 Å². The van der Waals surface area contributed by atoms with Crippen molar-refractivity contribution in [1.82, 2.24) is 5.32 Å². The van der Waals surface area contributed by atoms with Crippen LogP contribution in [0.1, 0.15) is 11.1 Å². The molecule has 3 aromatic rings. The predicted octanol–water partition coefficient (Wildman–Crippen LogP) is 6.60. The number of aliphatic imine (C=N–C) groups is 1. The van der Waals surface area contributed by atoms with Gasteiger partial charge >= 0.3 is 0 Å². The Kier molecular flexibility index (Phi) is 6.61. The van der Waals surface area contributed by atoms with E-state index >= 15 is 0 Å². The van der Waals surface area contributed by atoms with Gasteiger partial charge in [0, 0.05) is 5.56 Å². The van der Waals surface area contributed by atoms with E-state index in [0.29, 0.717) is 37.1 Å². The summed E-state index contributed by atoms with van der Waals surface area (Å²) < 4.78 is 19.2. The highest BCUT2D eigenvalue weighted by molar-refractivity contribution is 8.18. The molecule has 0 radical (unpaired) electrons. The quantitative estimate of drug-likeness (QED) is 0.425. The SMILES string of the molecule is O=C1NC(=Nc2cccc(Cl)c2Cl)S/C1=C/c1ccccc1OCc1cccc(F)c1. The Morgan fingerprint density at radius 2 is 1.87 bits per heavy atom. The van der Waals surface area contributed by atoms with E-state index in [1.807, 2.05) is 18.2 Å². The summed E-state index contributed by atoms with van der Waals surface area (Å²) in [5.41, 5.74) is 1.90. The molecule has 0 saturated carbocycles. The van der Waals surface area contributed by atoms with E-state index in [1.54, 1.807) is 42.5 Å². The molecule has 1 N–H and O–H groups in total. The summed E-state index contributed by atoms with van der Waals surface area (Å²) in [5.74, 6) is -0.0140. The van der Waals surface area contributed by atoms with Crippen molar-refractivity contribution in [2.45, 2.75) is 6.61 Å². The van der Waals surface area contributed by atoms with Crippen LogP contribution in [0.4, 0.5) is 10.1 Å². The fourth-order valence-electron chi connectivity index (χ4n) is 2.83. The second-order valence-electron chi connectivity index (χ2n) is 6.51. The van der Waals surface area contributed by atoms with Crippen molar-refractivity contribution in [3.05, 3.63) is 98.6 Å². The number of ether oxygens (including phenoxy) is 1. The fourth-order valence-corrected chi connectivity index (χ4v) is 3.99. The third-order valence-corrected chi connectivity index (χ3v) is 6.01. The topological polar surface area (TPSA) is 50.7 Å². The van der Waals surface area contributed by atoms with Gasteiger partial charge in [0.2, 0.25) is 0 Å². The van der Waals surface area contributed by atoms with Crippen LogP contribution in [0.2, 0.25) is 10.0 Å². The minimum absolute atomic E-state index is 0.206. The van der Waals surface area contributed by atoms with Crippen LogP contribution >= 0.6 is 35.0 Å². The van der Waals surface area contributed by atoms with Crippen LogP contribution < -0.4 is 10.1 Å². The smallest absolute Gasteiger partial charge is 0.264 e. The zero-order valence-corrected chi connectivity index (χ0v) is 18.3. The molecule has 1 aliphatic heterocycles. The van der Waals surface area contributed by atoms with E-state index in [-0.39, 0.29) is 18.3 Å². The largest absolute Gasteiger partial charge is 0.488 e. The normalized spacial score (nSPS) is 16.0. The van der Waals surface area contributed by atoms with Gasteiger partial charge in [0.05, 0.1) is 20.6 Å².